The van der Waals surface area contributed by atoms with Crippen molar-refractivity contribution in [2.45, 2.75) is 6.92 Å². The normalized spacial score (nSPS) is 10.5. The molecule has 3 aromatic carbocycles. The van der Waals surface area contributed by atoms with Gasteiger partial charge in [-0.05, 0) is 42.1 Å². The van der Waals surface area contributed by atoms with E-state index in [4.69, 9.17) is 0 Å². The van der Waals surface area contributed by atoms with E-state index >= 15 is 0 Å². The summed E-state index contributed by atoms with van der Waals surface area (Å²) in [4.78, 5) is 12.2. The van der Waals surface area contributed by atoms with Crippen LogP contribution >= 0.6 is 0 Å². The number of amides is 1. The Morgan fingerprint density at radius 2 is 1.76 bits per heavy atom. The summed E-state index contributed by atoms with van der Waals surface area (Å²) in [6.07, 6.45) is 0. The molecular formula is C18H15NO2. The minimum Gasteiger partial charge on any atom is -0.507 e. The minimum absolute atomic E-state index is 0.175. The van der Waals surface area contributed by atoms with E-state index < -0.39 is 0 Å². The molecule has 0 aromatic heterocycles. The van der Waals surface area contributed by atoms with Crippen LogP contribution in [0.1, 0.15) is 15.9 Å². The van der Waals surface area contributed by atoms with E-state index in [0.717, 1.165) is 10.9 Å². The van der Waals surface area contributed by atoms with E-state index in [1.165, 1.54) is 0 Å². The lowest BCUT2D eigenvalue weighted by Gasteiger charge is -2.11. The van der Waals surface area contributed by atoms with E-state index in [9.17, 15) is 9.90 Å². The Hall–Kier alpha value is -2.81. The number of carbonyl (C=O) groups excluding carboxylic acids is 1. The number of anilines is 1. The van der Waals surface area contributed by atoms with Gasteiger partial charge in [0.05, 0.1) is 5.69 Å². The maximum Gasteiger partial charge on any atom is 0.255 e. The summed E-state index contributed by atoms with van der Waals surface area (Å²) in [5, 5.41) is 14.6. The van der Waals surface area contributed by atoms with Crippen LogP contribution in [-0.2, 0) is 0 Å². The van der Waals surface area contributed by atoms with E-state index in [0.29, 0.717) is 16.6 Å². The molecule has 0 aliphatic rings. The summed E-state index contributed by atoms with van der Waals surface area (Å²) in [6.45, 7) is 1.92. The number of fused-ring (bicyclic) bond motifs is 1. The van der Waals surface area contributed by atoms with Gasteiger partial charge in [-0.2, -0.15) is 0 Å². The van der Waals surface area contributed by atoms with E-state index in [2.05, 4.69) is 5.32 Å². The van der Waals surface area contributed by atoms with Crippen molar-refractivity contribution in [1.29, 1.82) is 0 Å². The average Bonchev–Trinajstić information content (AvgIpc) is 2.47. The Labute approximate surface area is 122 Å². The number of hydrogen-bond donors (Lipinski definition) is 2. The van der Waals surface area contributed by atoms with Crippen molar-refractivity contribution in [3.63, 3.8) is 0 Å². The van der Waals surface area contributed by atoms with Gasteiger partial charge < -0.3 is 10.4 Å². The van der Waals surface area contributed by atoms with Gasteiger partial charge in [0.15, 0.2) is 0 Å². The summed E-state index contributed by atoms with van der Waals surface area (Å²) in [7, 11) is 0. The van der Waals surface area contributed by atoms with E-state index in [1.807, 2.05) is 43.3 Å². The fraction of sp³-hybridized carbons (Fsp3) is 0.0556. The molecule has 0 atom stereocenters. The number of carbonyl (C=O) groups is 1. The molecule has 0 saturated heterocycles. The molecule has 104 valence electrons. The highest BCUT2D eigenvalue weighted by Crippen LogP contribution is 2.33. The van der Waals surface area contributed by atoms with Gasteiger partial charge in [-0.3, -0.25) is 4.79 Å². The highest BCUT2D eigenvalue weighted by atomic mass is 16.3. The van der Waals surface area contributed by atoms with Gasteiger partial charge in [-0.1, -0.05) is 36.4 Å². The third-order valence-corrected chi connectivity index (χ3v) is 3.38. The van der Waals surface area contributed by atoms with Crippen molar-refractivity contribution >= 4 is 22.4 Å². The summed E-state index contributed by atoms with van der Waals surface area (Å²) >= 11 is 0. The first-order chi connectivity index (χ1) is 10.1. The predicted octanol–water partition coefficient (Wildman–Crippen LogP) is 4.11. The largest absolute Gasteiger partial charge is 0.507 e. The van der Waals surface area contributed by atoms with Gasteiger partial charge in [0, 0.05) is 10.9 Å². The zero-order valence-electron chi connectivity index (χ0n) is 11.6. The third kappa shape index (κ3) is 2.58. The maximum absolute atomic E-state index is 12.2. The molecule has 0 heterocycles. The molecule has 0 radical (unpaired) electrons. The lowest BCUT2D eigenvalue weighted by atomic mass is 10.0. The molecule has 0 bridgehead atoms. The molecule has 3 rings (SSSR count). The zero-order valence-corrected chi connectivity index (χ0v) is 11.6. The standard InChI is InChI=1S/C18H15NO2/c1-12-10-14-8-5-9-15(17(14)16(20)11-12)19-18(21)13-6-3-2-4-7-13/h2-11,20H,1H3,(H,19,21). The average molecular weight is 277 g/mol. The van der Waals surface area contributed by atoms with Crippen LogP contribution in [-0.4, -0.2) is 11.0 Å². The quantitative estimate of drug-likeness (QED) is 0.740. The van der Waals surface area contributed by atoms with Gasteiger partial charge in [-0.25, -0.2) is 0 Å². The summed E-state index contributed by atoms with van der Waals surface area (Å²) in [6, 6.07) is 18.3. The highest BCUT2D eigenvalue weighted by molar-refractivity contribution is 6.10. The molecule has 21 heavy (non-hydrogen) atoms. The third-order valence-electron chi connectivity index (χ3n) is 3.38. The van der Waals surface area contributed by atoms with Crippen molar-refractivity contribution in [2.24, 2.45) is 0 Å². The van der Waals surface area contributed by atoms with Gasteiger partial charge in [-0.15, -0.1) is 0 Å². The van der Waals surface area contributed by atoms with E-state index in [1.54, 1.807) is 24.3 Å². The molecule has 1 amide bonds. The second-order valence-corrected chi connectivity index (χ2v) is 5.01. The maximum atomic E-state index is 12.2. The van der Waals surface area contributed by atoms with Crippen LogP contribution in [0.4, 0.5) is 5.69 Å². The van der Waals surface area contributed by atoms with E-state index in [-0.39, 0.29) is 11.7 Å². The Balaban J connectivity index is 2.04. The van der Waals surface area contributed by atoms with Crippen LogP contribution < -0.4 is 5.32 Å². The molecule has 0 aliphatic heterocycles. The minimum atomic E-state index is -0.192. The summed E-state index contributed by atoms with van der Waals surface area (Å²) in [5.41, 5.74) is 2.17. The summed E-state index contributed by atoms with van der Waals surface area (Å²) in [5.74, 6) is -0.0166. The molecule has 2 N–H and O–H groups in total. The number of nitrogens with one attached hydrogen (secondary N) is 1. The van der Waals surface area contributed by atoms with Crippen LogP contribution in [0.5, 0.6) is 5.75 Å². The van der Waals surface area contributed by atoms with Gasteiger partial charge in [0.1, 0.15) is 5.75 Å². The topological polar surface area (TPSA) is 49.3 Å². The van der Waals surface area contributed by atoms with Crippen molar-refractivity contribution in [1.82, 2.24) is 0 Å². The second kappa shape index (κ2) is 5.29. The van der Waals surface area contributed by atoms with Gasteiger partial charge >= 0.3 is 0 Å². The molecule has 3 nitrogen and oxygen atoms in total. The van der Waals surface area contributed by atoms with Crippen molar-refractivity contribution in [2.75, 3.05) is 5.32 Å². The molecule has 3 aromatic rings. The second-order valence-electron chi connectivity index (χ2n) is 5.01. The van der Waals surface area contributed by atoms with Crippen LogP contribution in [0.3, 0.4) is 0 Å². The van der Waals surface area contributed by atoms with Crippen LogP contribution in [0, 0.1) is 6.92 Å². The Bertz CT molecular complexity index is 810. The number of benzene rings is 3. The van der Waals surface area contributed by atoms with Crippen LogP contribution in [0.25, 0.3) is 10.8 Å². The lowest BCUT2D eigenvalue weighted by Crippen LogP contribution is -2.11. The fourth-order valence-electron chi connectivity index (χ4n) is 2.44. The molecule has 0 unspecified atom stereocenters. The van der Waals surface area contributed by atoms with Crippen molar-refractivity contribution < 1.29 is 9.90 Å². The molecular weight excluding hydrogens is 262 g/mol. The first-order valence-corrected chi connectivity index (χ1v) is 6.74. The number of aryl methyl sites for hydroxylation is 1. The number of rotatable bonds is 2. The Kier molecular flexibility index (Phi) is 3.32. The Morgan fingerprint density at radius 3 is 2.52 bits per heavy atom. The SMILES string of the molecule is Cc1cc(O)c2c(NC(=O)c3ccccc3)cccc2c1. The van der Waals surface area contributed by atoms with Crippen molar-refractivity contribution in [3.8, 4) is 5.75 Å². The van der Waals surface area contributed by atoms with Gasteiger partial charge in [0.25, 0.3) is 5.91 Å². The monoisotopic (exact) mass is 277 g/mol. The Morgan fingerprint density at radius 1 is 1.00 bits per heavy atom. The summed E-state index contributed by atoms with van der Waals surface area (Å²) < 4.78 is 0. The smallest absolute Gasteiger partial charge is 0.255 e. The molecule has 0 fully saturated rings. The molecule has 0 aliphatic carbocycles. The van der Waals surface area contributed by atoms with Crippen molar-refractivity contribution in [3.05, 3.63) is 71.8 Å². The number of phenolic OH excluding ortho intramolecular Hbond substituents is 1. The predicted molar refractivity (Wildman–Crippen MR) is 84.7 cm³/mol. The first kappa shape index (κ1) is 13.2. The number of hydrogen-bond acceptors (Lipinski definition) is 2. The number of aromatic hydroxyl groups is 1. The number of phenols is 1. The van der Waals surface area contributed by atoms with Crippen LogP contribution in [0.15, 0.2) is 60.7 Å². The zero-order chi connectivity index (χ0) is 14.8. The lowest BCUT2D eigenvalue weighted by molar-refractivity contribution is 0.102. The first-order valence-electron chi connectivity index (χ1n) is 6.74. The molecule has 0 saturated carbocycles. The van der Waals surface area contributed by atoms with Gasteiger partial charge in [0.2, 0.25) is 0 Å². The molecule has 0 spiro atoms. The van der Waals surface area contributed by atoms with Crippen LogP contribution in [0.2, 0.25) is 0 Å². The molecule has 3 heteroatoms. The fourth-order valence-corrected chi connectivity index (χ4v) is 2.44. The highest BCUT2D eigenvalue weighted by Gasteiger charge is 2.10.